The number of hydrogen-bond acceptors (Lipinski definition) is 7. The number of para-hydroxylation sites is 1. The molecule has 1 spiro atoms. The second-order valence-electron chi connectivity index (χ2n) is 11.4. The molecule has 222 valence electrons. The fourth-order valence-electron chi connectivity index (χ4n) is 5.98. The summed E-state index contributed by atoms with van der Waals surface area (Å²) in [5.41, 5.74) is -6.05. The number of hydrogen-bond donors (Lipinski definition) is 0. The molecule has 3 atom stereocenters. The van der Waals surface area contributed by atoms with Crippen LogP contribution in [0, 0.1) is 6.92 Å². The highest BCUT2D eigenvalue weighted by Crippen LogP contribution is 2.59. The molecule has 0 aromatic heterocycles. The number of sulfonamides is 1. The predicted molar refractivity (Wildman–Crippen MR) is 143 cm³/mol. The predicted octanol–water partition coefficient (Wildman–Crippen LogP) is 4.97. The highest BCUT2D eigenvalue weighted by molar-refractivity contribution is 7.93. The van der Waals surface area contributed by atoms with Gasteiger partial charge in [-0.2, -0.15) is 21.6 Å². The quantitative estimate of drug-likeness (QED) is 0.353. The zero-order chi connectivity index (χ0) is 30.2. The van der Waals surface area contributed by atoms with Gasteiger partial charge < -0.3 is 13.8 Å². The summed E-state index contributed by atoms with van der Waals surface area (Å²) >= 11 is 0. The van der Waals surface area contributed by atoms with Crippen LogP contribution >= 0.6 is 0 Å². The first-order valence-corrected chi connectivity index (χ1v) is 15.6. The number of rotatable bonds is 4. The molecule has 0 unspecified atom stereocenters. The maximum Gasteiger partial charge on any atom is 0.534 e. The summed E-state index contributed by atoms with van der Waals surface area (Å²) in [5.74, 6) is -0.611. The van der Waals surface area contributed by atoms with E-state index in [-0.39, 0.29) is 23.5 Å². The number of aryl methyl sites for hydroxylation is 1. The molecule has 2 heterocycles. The number of benzene rings is 2. The van der Waals surface area contributed by atoms with Crippen LogP contribution in [0.15, 0.2) is 65.3 Å². The van der Waals surface area contributed by atoms with Gasteiger partial charge in [-0.1, -0.05) is 35.9 Å². The van der Waals surface area contributed by atoms with Gasteiger partial charge in [-0.05, 0) is 64.0 Å². The van der Waals surface area contributed by atoms with Gasteiger partial charge in [0.05, 0.1) is 22.7 Å². The second kappa shape index (κ2) is 9.38. The van der Waals surface area contributed by atoms with Crippen LogP contribution in [0.4, 0.5) is 23.7 Å². The number of fused-ring (bicyclic) bond motifs is 1. The Balaban J connectivity index is 1.71. The van der Waals surface area contributed by atoms with Gasteiger partial charge in [0.15, 0.2) is 0 Å². The Labute approximate surface area is 236 Å². The van der Waals surface area contributed by atoms with Crippen LogP contribution < -0.4 is 4.31 Å². The molecule has 2 aromatic rings. The molecule has 41 heavy (non-hydrogen) atoms. The lowest BCUT2D eigenvalue weighted by molar-refractivity contribution is -0.0527. The average Bonchev–Trinajstić information content (AvgIpc) is 3.36. The number of anilines is 1. The number of likely N-dealkylation sites (tertiary alicyclic amines) is 1. The standard InChI is InChI=1S/C27H29F3N2O7S2/c1-17-9-11-19(12-10-17)40(34,35)32-21-8-6-5-7-20(21)26-13-14-31(24(33)38-25(2,3)4)22(26)15-18(16-23(26)32)39-41(36,37)27(28,29)30/h5-12,16,22-23H,13-15H2,1-4H3/t22-,23-,26+/m0/s1. The van der Waals surface area contributed by atoms with Crippen molar-refractivity contribution in [1.82, 2.24) is 4.90 Å². The Morgan fingerprint density at radius 1 is 1.00 bits per heavy atom. The summed E-state index contributed by atoms with van der Waals surface area (Å²) in [4.78, 5) is 14.6. The van der Waals surface area contributed by atoms with E-state index in [1.54, 1.807) is 64.1 Å². The number of ether oxygens (including phenoxy) is 1. The molecular formula is C27H29F3N2O7S2. The molecule has 0 radical (unpaired) electrons. The lowest BCUT2D eigenvalue weighted by atomic mass is 9.67. The van der Waals surface area contributed by atoms with E-state index in [0.29, 0.717) is 5.56 Å². The summed E-state index contributed by atoms with van der Waals surface area (Å²) in [6, 6.07) is 10.6. The number of amides is 1. The van der Waals surface area contributed by atoms with Crippen LogP contribution in [0.2, 0.25) is 0 Å². The van der Waals surface area contributed by atoms with Gasteiger partial charge in [-0.15, -0.1) is 0 Å². The number of carbonyl (C=O) groups excluding carboxylic acids is 1. The van der Waals surface area contributed by atoms with Crippen LogP contribution in [0.5, 0.6) is 0 Å². The van der Waals surface area contributed by atoms with Gasteiger partial charge in [0.2, 0.25) is 0 Å². The molecule has 1 fully saturated rings. The average molecular weight is 615 g/mol. The SMILES string of the molecule is Cc1ccc(S(=O)(=O)N2c3ccccc3[C@]34CCN(C(=O)OC(C)(C)C)[C@H]3CC(OS(=O)(=O)C(F)(F)F)=C[C@H]24)cc1. The fourth-order valence-corrected chi connectivity index (χ4v) is 8.15. The zero-order valence-electron chi connectivity index (χ0n) is 22.7. The molecular weight excluding hydrogens is 585 g/mol. The number of alkyl halides is 3. The maximum atomic E-state index is 14.2. The van der Waals surface area contributed by atoms with Crippen molar-refractivity contribution < 1.29 is 43.7 Å². The summed E-state index contributed by atoms with van der Waals surface area (Å²) in [6.07, 6.45) is 0.214. The largest absolute Gasteiger partial charge is 0.534 e. The van der Waals surface area contributed by atoms with Crippen molar-refractivity contribution in [2.24, 2.45) is 0 Å². The third-order valence-corrected chi connectivity index (χ3v) is 10.4. The lowest BCUT2D eigenvalue weighted by Gasteiger charge is -2.43. The highest BCUT2D eigenvalue weighted by atomic mass is 32.2. The van der Waals surface area contributed by atoms with Gasteiger partial charge in [-0.3, -0.25) is 4.31 Å². The summed E-state index contributed by atoms with van der Waals surface area (Å²) in [7, 11) is -10.4. The Kier molecular flexibility index (Phi) is 6.69. The molecule has 14 heteroatoms. The van der Waals surface area contributed by atoms with E-state index >= 15 is 0 Å². The Hall–Kier alpha value is -3.26. The van der Waals surface area contributed by atoms with E-state index in [1.807, 2.05) is 0 Å². The van der Waals surface area contributed by atoms with Crippen LogP contribution in [-0.4, -0.2) is 57.6 Å². The van der Waals surface area contributed by atoms with Crippen LogP contribution in [0.1, 0.15) is 44.7 Å². The Morgan fingerprint density at radius 2 is 1.63 bits per heavy atom. The molecule has 2 aromatic carbocycles. The first-order valence-electron chi connectivity index (χ1n) is 12.8. The van der Waals surface area contributed by atoms with Gasteiger partial charge in [0.1, 0.15) is 11.4 Å². The van der Waals surface area contributed by atoms with Crippen molar-refractivity contribution in [3.8, 4) is 0 Å². The number of nitrogens with zero attached hydrogens (tertiary/aromatic N) is 2. The van der Waals surface area contributed by atoms with E-state index in [2.05, 4.69) is 4.18 Å². The van der Waals surface area contributed by atoms with Crippen molar-refractivity contribution in [3.05, 3.63) is 71.5 Å². The molecule has 9 nitrogen and oxygen atoms in total. The van der Waals surface area contributed by atoms with E-state index in [9.17, 15) is 34.8 Å². The summed E-state index contributed by atoms with van der Waals surface area (Å²) in [6.45, 7) is 6.86. The molecule has 0 N–H and O–H groups in total. The van der Waals surface area contributed by atoms with E-state index < -0.39 is 67.0 Å². The topological polar surface area (TPSA) is 110 Å². The molecule has 3 aliphatic rings. The smallest absolute Gasteiger partial charge is 0.444 e. The van der Waals surface area contributed by atoms with E-state index in [0.717, 1.165) is 15.9 Å². The van der Waals surface area contributed by atoms with Gasteiger partial charge in [-0.25, -0.2) is 13.2 Å². The first kappa shape index (κ1) is 29.2. The van der Waals surface area contributed by atoms with Gasteiger partial charge in [0, 0.05) is 18.4 Å². The molecule has 1 saturated heterocycles. The fraction of sp³-hybridized carbons (Fsp3) is 0.444. The minimum Gasteiger partial charge on any atom is -0.444 e. The highest BCUT2D eigenvalue weighted by Gasteiger charge is 2.65. The zero-order valence-corrected chi connectivity index (χ0v) is 24.3. The lowest BCUT2D eigenvalue weighted by Crippen LogP contribution is -2.56. The summed E-state index contributed by atoms with van der Waals surface area (Å²) < 4.78 is 104. The molecule has 1 amide bonds. The van der Waals surface area contributed by atoms with E-state index in [4.69, 9.17) is 4.74 Å². The van der Waals surface area contributed by atoms with Crippen LogP contribution in [0.3, 0.4) is 0 Å². The monoisotopic (exact) mass is 614 g/mol. The van der Waals surface area contributed by atoms with Gasteiger partial charge >= 0.3 is 21.7 Å². The third kappa shape index (κ3) is 4.74. The van der Waals surface area contributed by atoms with Crippen molar-refractivity contribution >= 4 is 31.9 Å². The number of carbonyl (C=O) groups is 1. The molecule has 2 aliphatic heterocycles. The number of halogens is 3. The van der Waals surface area contributed by atoms with Gasteiger partial charge in [0.25, 0.3) is 10.0 Å². The van der Waals surface area contributed by atoms with Crippen LogP contribution in [-0.2, 0) is 34.5 Å². The Bertz CT molecular complexity index is 1630. The van der Waals surface area contributed by atoms with Crippen LogP contribution in [0.25, 0.3) is 0 Å². The Morgan fingerprint density at radius 3 is 2.24 bits per heavy atom. The third-order valence-electron chi connectivity index (χ3n) is 7.60. The van der Waals surface area contributed by atoms with Crippen molar-refractivity contribution in [2.45, 2.75) is 74.0 Å². The van der Waals surface area contributed by atoms with Crippen molar-refractivity contribution in [1.29, 1.82) is 0 Å². The minimum atomic E-state index is -6.07. The maximum absolute atomic E-state index is 14.2. The molecule has 1 aliphatic carbocycles. The molecule has 0 saturated carbocycles. The summed E-state index contributed by atoms with van der Waals surface area (Å²) in [5, 5.41) is 0. The van der Waals surface area contributed by atoms with Crippen molar-refractivity contribution in [2.75, 3.05) is 10.8 Å². The van der Waals surface area contributed by atoms with E-state index in [1.165, 1.54) is 17.0 Å². The second-order valence-corrected chi connectivity index (χ2v) is 14.7. The molecule has 0 bridgehead atoms. The minimum absolute atomic E-state index is 0.0575. The van der Waals surface area contributed by atoms with Crippen molar-refractivity contribution in [3.63, 3.8) is 0 Å². The molecule has 5 rings (SSSR count). The first-order chi connectivity index (χ1) is 18.9. The normalized spacial score (nSPS) is 24.3.